The number of aliphatic hydroxyl groups excluding tert-OH is 1. The highest BCUT2D eigenvalue weighted by Crippen LogP contribution is 2.37. The average molecular weight is 698 g/mol. The van der Waals surface area contributed by atoms with Crippen LogP contribution >= 0.6 is 0 Å². The summed E-state index contributed by atoms with van der Waals surface area (Å²) in [4.78, 5) is 57.5. The maximum absolute atomic E-state index is 14.5. The lowest BCUT2D eigenvalue weighted by Gasteiger charge is -2.38. The Morgan fingerprint density at radius 3 is 1.82 bits per heavy atom. The largest absolute Gasteiger partial charge is 0.390 e. The van der Waals surface area contributed by atoms with Crippen molar-refractivity contribution >= 4 is 23.6 Å². The van der Waals surface area contributed by atoms with Crippen LogP contribution in [0.3, 0.4) is 0 Å². The molecule has 10 nitrogen and oxygen atoms in total. The molecule has 12 heteroatoms. The van der Waals surface area contributed by atoms with Crippen LogP contribution in [0.1, 0.15) is 117 Å². The first-order chi connectivity index (χ1) is 23.4. The van der Waals surface area contributed by atoms with E-state index in [0.717, 1.165) is 51.4 Å². The third-order valence-corrected chi connectivity index (χ3v) is 10.7. The highest BCUT2D eigenvalue weighted by atomic mass is 19.1. The zero-order chi connectivity index (χ0) is 36.1. The maximum atomic E-state index is 14.5. The number of rotatable bonds is 17. The molecule has 0 saturated heterocycles. The highest BCUT2D eigenvalue weighted by Gasteiger charge is 2.42. The zero-order valence-corrected chi connectivity index (χ0v) is 30.8. The molecule has 3 N–H and O–H groups in total. The quantitative estimate of drug-likeness (QED) is 0.188. The topological polar surface area (TPSA) is 122 Å². The van der Waals surface area contributed by atoms with Crippen molar-refractivity contribution in [2.45, 2.75) is 142 Å². The molecule has 7 atom stereocenters. The van der Waals surface area contributed by atoms with Crippen molar-refractivity contribution in [3.05, 3.63) is 0 Å². The van der Waals surface area contributed by atoms with Crippen LogP contribution in [0, 0.1) is 29.6 Å². The monoisotopic (exact) mass is 697 g/mol. The predicted molar refractivity (Wildman–Crippen MR) is 186 cm³/mol. The highest BCUT2D eigenvalue weighted by molar-refractivity contribution is 5.86. The predicted octanol–water partition coefficient (Wildman–Crippen LogP) is 4.79. The Labute approximate surface area is 293 Å². The first-order valence-electron chi connectivity index (χ1n) is 19.2. The molecule has 7 unspecified atom stereocenters. The zero-order valence-electron chi connectivity index (χ0n) is 30.8. The minimum Gasteiger partial charge on any atom is -0.390 e. The first kappa shape index (κ1) is 41.1. The Morgan fingerprint density at radius 2 is 1.27 bits per heavy atom. The van der Waals surface area contributed by atoms with Crippen LogP contribution in [0.15, 0.2) is 0 Å². The van der Waals surface area contributed by atoms with Gasteiger partial charge >= 0.3 is 0 Å². The van der Waals surface area contributed by atoms with Crippen molar-refractivity contribution in [3.8, 4) is 0 Å². The van der Waals surface area contributed by atoms with E-state index in [2.05, 4.69) is 10.7 Å². The van der Waals surface area contributed by atoms with Gasteiger partial charge in [0.2, 0.25) is 23.6 Å². The van der Waals surface area contributed by atoms with E-state index in [9.17, 15) is 33.1 Å². The number of aliphatic hydroxyl groups is 1. The lowest BCUT2D eigenvalue weighted by Crippen LogP contribution is -2.55. The molecule has 3 aliphatic carbocycles. The number of nitrogens with zero attached hydrogens (tertiary/aromatic N) is 3. The van der Waals surface area contributed by atoms with Crippen LogP contribution in [-0.2, 0) is 19.2 Å². The fourth-order valence-electron chi connectivity index (χ4n) is 8.31. The van der Waals surface area contributed by atoms with Crippen molar-refractivity contribution in [1.82, 2.24) is 25.6 Å². The van der Waals surface area contributed by atoms with E-state index in [1.165, 1.54) is 4.90 Å². The van der Waals surface area contributed by atoms with Gasteiger partial charge in [-0.1, -0.05) is 40.0 Å². The van der Waals surface area contributed by atoms with Gasteiger partial charge in [0.15, 0.2) is 0 Å². The van der Waals surface area contributed by atoms with Gasteiger partial charge < -0.3 is 20.2 Å². The van der Waals surface area contributed by atoms with E-state index < -0.39 is 42.2 Å². The van der Waals surface area contributed by atoms with Gasteiger partial charge in [-0.15, -0.1) is 0 Å². The van der Waals surface area contributed by atoms with Gasteiger partial charge in [0.05, 0.1) is 12.1 Å². The molecule has 0 heterocycles. The number of carbonyl (C=O) groups is 4. The molecule has 0 aromatic carbocycles. The Kier molecular flexibility index (Phi) is 17.2. The number of hydrazine groups is 1. The van der Waals surface area contributed by atoms with Gasteiger partial charge in [0, 0.05) is 70.4 Å². The lowest BCUT2D eigenvalue weighted by molar-refractivity contribution is -0.143. The Morgan fingerprint density at radius 1 is 0.714 bits per heavy atom. The van der Waals surface area contributed by atoms with Crippen LogP contribution in [0.4, 0.5) is 8.78 Å². The molecule has 0 aliphatic heterocycles. The van der Waals surface area contributed by atoms with Crippen molar-refractivity contribution in [2.24, 2.45) is 29.6 Å². The summed E-state index contributed by atoms with van der Waals surface area (Å²) in [5.41, 5.74) is 3.00. The van der Waals surface area contributed by atoms with E-state index in [0.29, 0.717) is 26.1 Å². The molecular weight excluding hydrogens is 632 g/mol. The summed E-state index contributed by atoms with van der Waals surface area (Å²) in [7, 11) is 3.34. The number of alkyl halides is 2. The van der Waals surface area contributed by atoms with Crippen molar-refractivity contribution < 1.29 is 33.1 Å². The van der Waals surface area contributed by atoms with Crippen LogP contribution in [-0.4, -0.2) is 108 Å². The molecule has 3 aliphatic rings. The van der Waals surface area contributed by atoms with Crippen molar-refractivity contribution in [3.63, 3.8) is 0 Å². The standard InChI is InChI=1S/C37H65F2N5O5/c1-6-14-43(15-7-2)37(49)29-21-27(20-28(22-29)36(48)42(4)5)34(46)40-32(19-25-17-30(38)23-31(39)18-25)33(45)24-44(16-8-3)41-35(47)26-12-10-9-11-13-26/h25-33,45H,6-24H2,1-5H3,(H,40,46)(H,41,47). The van der Waals surface area contributed by atoms with Crippen LogP contribution in [0.2, 0.25) is 0 Å². The summed E-state index contributed by atoms with van der Waals surface area (Å²) in [5, 5.41) is 16.4. The second-order valence-corrected chi connectivity index (χ2v) is 15.3. The summed E-state index contributed by atoms with van der Waals surface area (Å²) in [6, 6.07) is -0.836. The minimum absolute atomic E-state index is 0.0385. The van der Waals surface area contributed by atoms with Crippen LogP contribution < -0.4 is 10.7 Å². The van der Waals surface area contributed by atoms with E-state index >= 15 is 0 Å². The number of halogens is 2. The molecule has 4 amide bonds. The summed E-state index contributed by atoms with van der Waals surface area (Å²) in [5.74, 6) is -2.70. The molecule has 3 fully saturated rings. The third kappa shape index (κ3) is 12.7. The molecule has 49 heavy (non-hydrogen) atoms. The number of carbonyl (C=O) groups excluding carboxylic acids is 4. The Balaban J connectivity index is 1.82. The SMILES string of the molecule is CCCN(CC(O)C(CC1CC(F)CC(F)C1)NC(=O)C1CC(C(=O)N(C)C)CC(C(=O)N(CCC)CCC)C1)NC(=O)C1CCCCC1. The van der Waals surface area contributed by atoms with E-state index in [-0.39, 0.29) is 80.5 Å². The minimum atomic E-state index is -1.29. The van der Waals surface area contributed by atoms with Gasteiger partial charge in [0.25, 0.3) is 0 Å². The maximum Gasteiger partial charge on any atom is 0.237 e. The molecule has 0 aromatic rings. The van der Waals surface area contributed by atoms with Crippen LogP contribution in [0.25, 0.3) is 0 Å². The summed E-state index contributed by atoms with van der Waals surface area (Å²) in [6.45, 7) is 7.76. The molecular formula is C37H65F2N5O5. The normalized spacial score (nSPS) is 27.6. The van der Waals surface area contributed by atoms with Gasteiger partial charge in [-0.3, -0.25) is 24.6 Å². The van der Waals surface area contributed by atoms with Gasteiger partial charge in [-0.05, 0) is 76.5 Å². The molecule has 0 spiro atoms. The molecule has 0 aromatic heterocycles. The van der Waals surface area contributed by atoms with Gasteiger partial charge in [-0.25, -0.2) is 13.8 Å². The summed E-state index contributed by atoms with van der Waals surface area (Å²) in [6.07, 6.45) is 4.73. The van der Waals surface area contributed by atoms with Gasteiger partial charge in [0.1, 0.15) is 12.3 Å². The van der Waals surface area contributed by atoms with Gasteiger partial charge in [-0.2, -0.15) is 0 Å². The van der Waals surface area contributed by atoms with Crippen molar-refractivity contribution in [1.29, 1.82) is 0 Å². The Bertz CT molecular complexity index is 1040. The molecule has 3 saturated carbocycles. The molecule has 282 valence electrons. The summed E-state index contributed by atoms with van der Waals surface area (Å²) >= 11 is 0. The number of nitrogens with one attached hydrogen (secondary N) is 2. The van der Waals surface area contributed by atoms with Crippen molar-refractivity contribution in [2.75, 3.05) is 40.3 Å². The molecule has 3 rings (SSSR count). The summed E-state index contributed by atoms with van der Waals surface area (Å²) < 4.78 is 29.0. The Hall–Kier alpha value is -2.34. The van der Waals surface area contributed by atoms with E-state index in [1.807, 2.05) is 25.7 Å². The lowest BCUT2D eigenvalue weighted by atomic mass is 9.73. The second-order valence-electron chi connectivity index (χ2n) is 15.3. The number of hydrogen-bond donors (Lipinski definition) is 3. The number of amides is 4. The third-order valence-electron chi connectivity index (χ3n) is 10.7. The first-order valence-corrected chi connectivity index (χ1v) is 19.2. The van der Waals surface area contributed by atoms with Crippen LogP contribution in [0.5, 0.6) is 0 Å². The van der Waals surface area contributed by atoms with E-state index in [4.69, 9.17) is 0 Å². The second kappa shape index (κ2) is 20.5. The molecule has 0 radical (unpaired) electrons. The fraction of sp³-hybridized carbons (Fsp3) is 0.892. The van der Waals surface area contributed by atoms with E-state index in [1.54, 1.807) is 19.1 Å². The average Bonchev–Trinajstić information content (AvgIpc) is 3.06. The molecule has 0 bridgehead atoms. The smallest absolute Gasteiger partial charge is 0.237 e. The number of hydrogen-bond acceptors (Lipinski definition) is 6. The fourth-order valence-corrected chi connectivity index (χ4v) is 8.31.